The number of rotatable bonds is 7. The van der Waals surface area contributed by atoms with Crippen molar-refractivity contribution in [1.82, 2.24) is 13.9 Å². The smallest absolute Gasteiger partial charge is 0.266 e. The molecule has 8 heteroatoms. The van der Waals surface area contributed by atoms with Crippen molar-refractivity contribution in [2.45, 2.75) is 31.2 Å². The Morgan fingerprint density at radius 3 is 2.32 bits per heavy atom. The summed E-state index contributed by atoms with van der Waals surface area (Å²) in [6.07, 6.45) is 0.604. The molecule has 5 rings (SSSR count). The zero-order valence-electron chi connectivity index (χ0n) is 20.5. The average molecular weight is 577 g/mol. The highest BCUT2D eigenvalue weighted by Gasteiger charge is 2.32. The van der Waals surface area contributed by atoms with Crippen molar-refractivity contribution in [1.29, 1.82) is 0 Å². The van der Waals surface area contributed by atoms with Crippen LogP contribution in [-0.4, -0.2) is 28.8 Å². The van der Waals surface area contributed by atoms with Gasteiger partial charge < -0.3 is 0 Å². The minimum absolute atomic E-state index is 0.213. The largest absolute Gasteiger partial charge is 0.268 e. The molecule has 4 aromatic carbocycles. The first-order chi connectivity index (χ1) is 17.8. The Hall–Kier alpha value is -3.33. The van der Waals surface area contributed by atoms with Gasteiger partial charge in [-0.05, 0) is 72.6 Å². The summed E-state index contributed by atoms with van der Waals surface area (Å²) in [4.78, 5) is 18.8. The van der Waals surface area contributed by atoms with Crippen LogP contribution in [-0.2, 0) is 10.0 Å². The highest BCUT2D eigenvalue weighted by atomic mass is 79.9. The molecule has 0 fully saturated rings. The van der Waals surface area contributed by atoms with Crippen LogP contribution in [0.25, 0.3) is 27.4 Å². The zero-order valence-corrected chi connectivity index (χ0v) is 22.9. The van der Waals surface area contributed by atoms with Crippen molar-refractivity contribution in [3.8, 4) is 5.69 Å². The Morgan fingerprint density at radius 1 is 0.919 bits per heavy atom. The molecule has 1 atom stereocenters. The molecule has 188 valence electrons. The lowest BCUT2D eigenvalue weighted by molar-refractivity contribution is 0.327. The summed E-state index contributed by atoms with van der Waals surface area (Å²) < 4.78 is 31.9. The maximum Gasteiger partial charge on any atom is 0.266 e. The SMILES string of the molecule is CCCN(C(C)c1nc2ccccc2c(=O)n1-c1ccc(Br)cc1)S(=O)(=O)c1ccc2ccccc2c1. The van der Waals surface area contributed by atoms with Gasteiger partial charge in [-0.25, -0.2) is 13.4 Å². The van der Waals surface area contributed by atoms with E-state index in [0.29, 0.717) is 28.8 Å². The molecule has 0 spiro atoms. The number of hydrogen-bond acceptors (Lipinski definition) is 4. The third-order valence-electron chi connectivity index (χ3n) is 6.46. The number of para-hydroxylation sites is 1. The van der Waals surface area contributed by atoms with Crippen LogP contribution in [0, 0.1) is 0 Å². The minimum atomic E-state index is -3.90. The van der Waals surface area contributed by atoms with E-state index in [4.69, 9.17) is 4.98 Å². The molecule has 1 aromatic heterocycles. The number of nitrogens with zero attached hydrogens (tertiary/aromatic N) is 3. The molecule has 5 aromatic rings. The van der Waals surface area contributed by atoms with E-state index < -0.39 is 16.1 Å². The molecule has 0 aliphatic heterocycles. The van der Waals surface area contributed by atoms with Crippen LogP contribution < -0.4 is 5.56 Å². The predicted octanol–water partition coefficient (Wildman–Crippen LogP) is 6.46. The van der Waals surface area contributed by atoms with Crippen LogP contribution in [0.2, 0.25) is 0 Å². The molecule has 1 heterocycles. The van der Waals surface area contributed by atoms with Crippen LogP contribution in [0.1, 0.15) is 32.1 Å². The summed E-state index contributed by atoms with van der Waals surface area (Å²) in [6, 6.07) is 26.6. The van der Waals surface area contributed by atoms with Crippen molar-refractivity contribution in [2.24, 2.45) is 0 Å². The van der Waals surface area contributed by atoms with Crippen LogP contribution in [0.3, 0.4) is 0 Å². The first-order valence-electron chi connectivity index (χ1n) is 12.1. The molecule has 0 N–H and O–H groups in total. The maximum absolute atomic E-state index is 14.0. The summed E-state index contributed by atoms with van der Waals surface area (Å²) in [6.45, 7) is 4.00. The Kier molecular flexibility index (Phi) is 6.98. The van der Waals surface area contributed by atoms with Crippen LogP contribution >= 0.6 is 15.9 Å². The molecule has 0 amide bonds. The Bertz CT molecular complexity index is 1770. The Balaban J connectivity index is 1.70. The third kappa shape index (κ3) is 4.72. The second kappa shape index (κ2) is 10.2. The van der Waals surface area contributed by atoms with Crippen LogP contribution in [0.5, 0.6) is 0 Å². The third-order valence-corrected chi connectivity index (χ3v) is 8.96. The first kappa shape index (κ1) is 25.3. The van der Waals surface area contributed by atoms with E-state index in [1.165, 1.54) is 8.87 Å². The average Bonchev–Trinajstić information content (AvgIpc) is 2.91. The van der Waals surface area contributed by atoms with Crippen molar-refractivity contribution in [2.75, 3.05) is 6.54 Å². The second-order valence-corrected chi connectivity index (χ2v) is 11.7. The summed E-state index contributed by atoms with van der Waals surface area (Å²) in [7, 11) is -3.90. The quantitative estimate of drug-likeness (QED) is 0.223. The Morgan fingerprint density at radius 2 is 1.59 bits per heavy atom. The molecule has 0 aliphatic rings. The van der Waals surface area contributed by atoms with Crippen molar-refractivity contribution < 1.29 is 8.42 Å². The van der Waals surface area contributed by atoms with Gasteiger partial charge in [0.2, 0.25) is 10.0 Å². The van der Waals surface area contributed by atoms with Gasteiger partial charge in [0.05, 0.1) is 27.5 Å². The summed E-state index contributed by atoms with van der Waals surface area (Å²) >= 11 is 3.45. The molecule has 0 bridgehead atoms. The standard InChI is InChI=1S/C29H26BrN3O3S/c1-3-18-32(37(35,36)25-17-12-21-8-4-5-9-22(21)19-25)20(2)28-31-27-11-7-6-10-26(27)29(34)33(28)24-15-13-23(30)14-16-24/h4-17,19-20H,3,18H2,1-2H3. The monoisotopic (exact) mass is 575 g/mol. The Labute approximate surface area is 224 Å². The predicted molar refractivity (Wildman–Crippen MR) is 152 cm³/mol. The van der Waals surface area contributed by atoms with Gasteiger partial charge in [0.25, 0.3) is 5.56 Å². The van der Waals surface area contributed by atoms with E-state index in [0.717, 1.165) is 15.2 Å². The normalized spacial score (nSPS) is 12.9. The van der Waals surface area contributed by atoms with Gasteiger partial charge in [-0.1, -0.05) is 65.3 Å². The van der Waals surface area contributed by atoms with Gasteiger partial charge in [0.1, 0.15) is 5.82 Å². The molecule has 37 heavy (non-hydrogen) atoms. The number of fused-ring (bicyclic) bond motifs is 2. The highest BCUT2D eigenvalue weighted by Crippen LogP contribution is 2.30. The maximum atomic E-state index is 14.0. The van der Waals surface area contributed by atoms with Crippen molar-refractivity contribution in [3.05, 3.63) is 112 Å². The number of halogens is 1. The summed E-state index contributed by atoms with van der Waals surface area (Å²) in [5.41, 5.74) is 0.907. The second-order valence-electron chi connectivity index (χ2n) is 8.90. The molecule has 1 unspecified atom stereocenters. The fourth-order valence-electron chi connectivity index (χ4n) is 4.60. The summed E-state index contributed by atoms with van der Waals surface area (Å²) in [5.74, 6) is 0.365. The van der Waals surface area contributed by atoms with Crippen LogP contribution in [0.4, 0.5) is 0 Å². The van der Waals surface area contributed by atoms with E-state index in [1.54, 1.807) is 37.3 Å². The van der Waals surface area contributed by atoms with Gasteiger partial charge in [0, 0.05) is 11.0 Å². The lowest BCUT2D eigenvalue weighted by Crippen LogP contribution is -2.38. The molecule has 0 radical (unpaired) electrons. The topological polar surface area (TPSA) is 72.3 Å². The number of benzene rings is 4. The molecule has 0 saturated heterocycles. The van der Waals surface area contributed by atoms with E-state index >= 15 is 0 Å². The van der Waals surface area contributed by atoms with E-state index in [2.05, 4.69) is 15.9 Å². The molecular formula is C29H26BrN3O3S. The van der Waals surface area contributed by atoms with Gasteiger partial charge in [-0.2, -0.15) is 4.31 Å². The fraction of sp³-hybridized carbons (Fsp3) is 0.172. The van der Waals surface area contributed by atoms with E-state index in [9.17, 15) is 13.2 Å². The van der Waals surface area contributed by atoms with Gasteiger partial charge in [-0.3, -0.25) is 9.36 Å². The number of aromatic nitrogens is 2. The molecular weight excluding hydrogens is 550 g/mol. The fourth-order valence-corrected chi connectivity index (χ4v) is 6.59. The molecule has 0 aliphatic carbocycles. The number of hydrogen-bond donors (Lipinski definition) is 0. The van der Waals surface area contributed by atoms with E-state index in [-0.39, 0.29) is 17.0 Å². The van der Waals surface area contributed by atoms with Gasteiger partial charge in [0.15, 0.2) is 0 Å². The lowest BCUT2D eigenvalue weighted by atomic mass is 10.1. The molecule has 0 saturated carbocycles. The van der Waals surface area contributed by atoms with Crippen molar-refractivity contribution in [3.63, 3.8) is 0 Å². The lowest BCUT2D eigenvalue weighted by Gasteiger charge is -2.29. The van der Waals surface area contributed by atoms with Gasteiger partial charge >= 0.3 is 0 Å². The van der Waals surface area contributed by atoms with Crippen molar-refractivity contribution >= 4 is 47.6 Å². The van der Waals surface area contributed by atoms with Gasteiger partial charge in [-0.15, -0.1) is 0 Å². The minimum Gasteiger partial charge on any atom is -0.268 e. The van der Waals surface area contributed by atoms with E-state index in [1.807, 2.05) is 67.6 Å². The number of sulfonamides is 1. The van der Waals surface area contributed by atoms with Crippen LogP contribution in [0.15, 0.2) is 105 Å². The highest BCUT2D eigenvalue weighted by molar-refractivity contribution is 9.10. The zero-order chi connectivity index (χ0) is 26.2. The molecule has 6 nitrogen and oxygen atoms in total. The first-order valence-corrected chi connectivity index (χ1v) is 14.3. The summed E-state index contributed by atoms with van der Waals surface area (Å²) in [5, 5.41) is 2.29.